The highest BCUT2D eigenvalue weighted by Crippen LogP contribution is 2.21. The summed E-state index contributed by atoms with van der Waals surface area (Å²) in [6, 6.07) is 14.5. The molecule has 3 aromatic rings. The highest BCUT2D eigenvalue weighted by Gasteiger charge is 2.11. The molecule has 148 valence electrons. The van der Waals surface area contributed by atoms with Crippen molar-refractivity contribution in [2.24, 2.45) is 10.8 Å². The van der Waals surface area contributed by atoms with E-state index in [4.69, 9.17) is 5.73 Å². The predicted octanol–water partition coefficient (Wildman–Crippen LogP) is 3.12. The first-order valence-corrected chi connectivity index (χ1v) is 8.88. The first-order valence-electron chi connectivity index (χ1n) is 8.88. The topological polar surface area (TPSA) is 124 Å². The van der Waals surface area contributed by atoms with E-state index >= 15 is 0 Å². The number of rotatable bonds is 6. The number of aromatic amines is 1. The second-order valence-corrected chi connectivity index (χ2v) is 6.53. The van der Waals surface area contributed by atoms with E-state index in [1.54, 1.807) is 30.3 Å². The van der Waals surface area contributed by atoms with Crippen LogP contribution in [-0.4, -0.2) is 22.5 Å². The molecule has 1 heterocycles. The smallest absolute Gasteiger partial charge is 0.272 e. The minimum atomic E-state index is -0.262. The van der Waals surface area contributed by atoms with Gasteiger partial charge in [0.1, 0.15) is 11.5 Å². The molecule has 0 atom stereocenters. The van der Waals surface area contributed by atoms with Gasteiger partial charge in [-0.3, -0.25) is 15.0 Å². The molecule has 0 unspecified atom stereocenters. The van der Waals surface area contributed by atoms with E-state index in [0.29, 0.717) is 17.1 Å². The fraction of sp³-hybridized carbons (Fsp3) is 0.0952. The van der Waals surface area contributed by atoms with Crippen LogP contribution in [0.3, 0.4) is 0 Å². The van der Waals surface area contributed by atoms with E-state index in [0.717, 1.165) is 22.2 Å². The molecule has 1 aromatic heterocycles. The zero-order chi connectivity index (χ0) is 21.0. The van der Waals surface area contributed by atoms with Gasteiger partial charge in [0.25, 0.3) is 5.91 Å². The van der Waals surface area contributed by atoms with Crippen LogP contribution in [0.2, 0.25) is 0 Å². The molecule has 0 aliphatic carbocycles. The third-order valence-electron chi connectivity index (χ3n) is 4.12. The van der Waals surface area contributed by atoms with Crippen LogP contribution in [0.25, 0.3) is 10.9 Å². The fourth-order valence-electron chi connectivity index (χ4n) is 2.74. The van der Waals surface area contributed by atoms with E-state index in [1.807, 2.05) is 25.1 Å². The van der Waals surface area contributed by atoms with Crippen molar-refractivity contribution in [3.63, 3.8) is 0 Å². The number of nitrogens with zero attached hydrogens (tertiary/aromatic N) is 1. The lowest BCUT2D eigenvalue weighted by molar-refractivity contribution is -0.114. The van der Waals surface area contributed by atoms with Crippen molar-refractivity contribution >= 4 is 39.8 Å². The SMILES string of the molecule is C=C(N)N/N=C(\C)c1ccc(NC(=O)c2cc3ccc(NC(C)=O)cc3[nH]2)cc1. The fourth-order valence-corrected chi connectivity index (χ4v) is 2.74. The molecule has 0 aliphatic heterocycles. The molecule has 8 nitrogen and oxygen atoms in total. The third-order valence-corrected chi connectivity index (χ3v) is 4.12. The number of H-pyrrole nitrogens is 1. The van der Waals surface area contributed by atoms with Crippen LogP contribution in [0.15, 0.2) is 66.0 Å². The Kier molecular flexibility index (Phi) is 5.64. The van der Waals surface area contributed by atoms with Crippen LogP contribution < -0.4 is 21.8 Å². The van der Waals surface area contributed by atoms with Crippen LogP contribution in [0.1, 0.15) is 29.9 Å². The van der Waals surface area contributed by atoms with Gasteiger partial charge in [0, 0.05) is 29.2 Å². The zero-order valence-corrected chi connectivity index (χ0v) is 16.2. The summed E-state index contributed by atoms with van der Waals surface area (Å²) in [5, 5.41) is 10.6. The Labute approximate surface area is 167 Å². The standard InChI is InChI=1S/C21H22N6O2/c1-12(26-27-13(2)22)15-4-7-17(8-5-15)24-21(29)20-10-16-6-9-18(23-14(3)28)11-19(16)25-20/h4-11,25,27H,2,22H2,1,3H3,(H,23,28)(H,24,29)/b26-12+. The van der Waals surface area contributed by atoms with Gasteiger partial charge in [-0.1, -0.05) is 24.8 Å². The van der Waals surface area contributed by atoms with E-state index in [1.165, 1.54) is 6.92 Å². The van der Waals surface area contributed by atoms with Crippen molar-refractivity contribution in [3.8, 4) is 0 Å². The predicted molar refractivity (Wildman–Crippen MR) is 116 cm³/mol. The molecule has 6 N–H and O–H groups in total. The van der Waals surface area contributed by atoms with Crippen molar-refractivity contribution < 1.29 is 9.59 Å². The number of hydrogen-bond donors (Lipinski definition) is 5. The summed E-state index contributed by atoms with van der Waals surface area (Å²) in [6.07, 6.45) is 0. The number of fused-ring (bicyclic) bond motifs is 1. The van der Waals surface area contributed by atoms with E-state index in [-0.39, 0.29) is 17.6 Å². The number of nitrogens with one attached hydrogen (secondary N) is 4. The summed E-state index contributed by atoms with van der Waals surface area (Å²) in [7, 11) is 0. The first-order chi connectivity index (χ1) is 13.8. The molecule has 0 saturated heterocycles. The number of benzene rings is 2. The largest absolute Gasteiger partial charge is 0.385 e. The lowest BCUT2D eigenvalue weighted by Gasteiger charge is -2.06. The summed E-state index contributed by atoms with van der Waals surface area (Å²) in [4.78, 5) is 26.8. The van der Waals surface area contributed by atoms with Gasteiger partial charge in [0.2, 0.25) is 5.91 Å². The molecule has 0 bridgehead atoms. The number of hydrogen-bond acceptors (Lipinski definition) is 5. The molecule has 0 spiro atoms. The molecule has 0 fully saturated rings. The van der Waals surface area contributed by atoms with Gasteiger partial charge in [-0.25, -0.2) is 0 Å². The molecule has 0 radical (unpaired) electrons. The minimum Gasteiger partial charge on any atom is -0.385 e. The van der Waals surface area contributed by atoms with Crippen molar-refractivity contribution in [1.82, 2.24) is 10.4 Å². The summed E-state index contributed by atoms with van der Waals surface area (Å²) < 4.78 is 0. The molecule has 0 saturated carbocycles. The lowest BCUT2D eigenvalue weighted by Crippen LogP contribution is -2.15. The van der Waals surface area contributed by atoms with Crippen LogP contribution in [0.5, 0.6) is 0 Å². The minimum absolute atomic E-state index is 0.152. The Morgan fingerprint density at radius 1 is 1.00 bits per heavy atom. The summed E-state index contributed by atoms with van der Waals surface area (Å²) in [6.45, 7) is 6.80. The number of anilines is 2. The van der Waals surface area contributed by atoms with Crippen LogP contribution in [-0.2, 0) is 4.79 Å². The molecular formula is C21H22N6O2. The highest BCUT2D eigenvalue weighted by molar-refractivity contribution is 6.06. The zero-order valence-electron chi connectivity index (χ0n) is 16.2. The Bertz CT molecular complexity index is 1110. The van der Waals surface area contributed by atoms with Crippen molar-refractivity contribution in [3.05, 3.63) is 72.2 Å². The van der Waals surface area contributed by atoms with Crippen LogP contribution in [0.4, 0.5) is 11.4 Å². The van der Waals surface area contributed by atoms with Crippen molar-refractivity contribution in [2.75, 3.05) is 10.6 Å². The molecule has 8 heteroatoms. The molecule has 2 aromatic carbocycles. The Morgan fingerprint density at radius 3 is 2.34 bits per heavy atom. The van der Waals surface area contributed by atoms with E-state index < -0.39 is 0 Å². The Morgan fingerprint density at radius 2 is 1.69 bits per heavy atom. The third kappa shape index (κ3) is 5.01. The number of carbonyl (C=O) groups excluding carboxylic acids is 2. The Hall–Kier alpha value is -4.07. The van der Waals surface area contributed by atoms with Crippen LogP contribution in [0, 0.1) is 0 Å². The van der Waals surface area contributed by atoms with Crippen molar-refractivity contribution in [1.29, 1.82) is 0 Å². The maximum atomic E-state index is 12.6. The number of carbonyl (C=O) groups is 2. The van der Waals surface area contributed by atoms with Gasteiger partial charge < -0.3 is 21.4 Å². The summed E-state index contributed by atoms with van der Waals surface area (Å²) in [5.74, 6) is -0.154. The quantitative estimate of drug-likeness (QED) is 0.328. The normalized spacial score (nSPS) is 11.2. The molecule has 2 amide bonds. The van der Waals surface area contributed by atoms with Gasteiger partial charge >= 0.3 is 0 Å². The number of aromatic nitrogens is 1. The number of hydrazone groups is 1. The second-order valence-electron chi connectivity index (χ2n) is 6.53. The van der Waals surface area contributed by atoms with Gasteiger partial charge in [-0.05, 0) is 42.8 Å². The number of nitrogens with two attached hydrogens (primary N) is 1. The average molecular weight is 390 g/mol. The highest BCUT2D eigenvalue weighted by atomic mass is 16.2. The maximum absolute atomic E-state index is 12.6. The van der Waals surface area contributed by atoms with E-state index in [2.05, 4.69) is 32.7 Å². The summed E-state index contributed by atoms with van der Waals surface area (Å²) >= 11 is 0. The number of amides is 2. The molecule has 29 heavy (non-hydrogen) atoms. The average Bonchev–Trinajstić information content (AvgIpc) is 3.09. The van der Waals surface area contributed by atoms with E-state index in [9.17, 15) is 9.59 Å². The van der Waals surface area contributed by atoms with Crippen molar-refractivity contribution in [2.45, 2.75) is 13.8 Å². The molecule has 3 rings (SSSR count). The molecule has 0 aliphatic rings. The Balaban J connectivity index is 1.72. The second kappa shape index (κ2) is 8.30. The van der Waals surface area contributed by atoms with Crippen LogP contribution >= 0.6 is 0 Å². The van der Waals surface area contributed by atoms with Gasteiger partial charge in [-0.2, -0.15) is 5.10 Å². The van der Waals surface area contributed by atoms with Gasteiger partial charge in [0.05, 0.1) is 5.71 Å². The lowest BCUT2D eigenvalue weighted by atomic mass is 10.1. The first kappa shape index (κ1) is 19.7. The molecular weight excluding hydrogens is 368 g/mol. The monoisotopic (exact) mass is 390 g/mol. The van der Waals surface area contributed by atoms with Gasteiger partial charge in [0.15, 0.2) is 0 Å². The van der Waals surface area contributed by atoms with Gasteiger partial charge in [-0.15, -0.1) is 0 Å². The maximum Gasteiger partial charge on any atom is 0.272 e. The summed E-state index contributed by atoms with van der Waals surface area (Å²) in [5.41, 5.74) is 12.2.